The van der Waals surface area contributed by atoms with E-state index in [1.807, 2.05) is 0 Å². The number of benzene rings is 1. The minimum absolute atomic E-state index is 0.135. The van der Waals surface area contributed by atoms with E-state index in [9.17, 15) is 13.2 Å². The Morgan fingerprint density at radius 1 is 1.08 bits per heavy atom. The predicted octanol–water partition coefficient (Wildman–Crippen LogP) is 3.55. The molecule has 138 valence electrons. The van der Waals surface area contributed by atoms with Crippen molar-refractivity contribution in [3.8, 4) is 0 Å². The van der Waals surface area contributed by atoms with Crippen LogP contribution in [0.15, 0.2) is 47.5 Å². The number of rotatable bonds is 4. The number of nitrogens with one attached hydrogen (secondary N) is 1. The Labute approximate surface area is 158 Å². The van der Waals surface area contributed by atoms with Crippen molar-refractivity contribution in [3.63, 3.8) is 0 Å². The van der Waals surface area contributed by atoms with Gasteiger partial charge in [0.25, 0.3) is 5.91 Å². The number of nitrogens with zero attached hydrogens (tertiary/aromatic N) is 2. The smallest absolute Gasteiger partial charge is 0.256 e. The van der Waals surface area contributed by atoms with Crippen LogP contribution in [-0.2, 0) is 10.0 Å². The van der Waals surface area contributed by atoms with Crippen LogP contribution < -0.4 is 5.32 Å². The van der Waals surface area contributed by atoms with Gasteiger partial charge in [-0.05, 0) is 43.2 Å². The Hall–Kier alpha value is -1.96. The molecule has 1 amide bonds. The lowest BCUT2D eigenvalue weighted by Crippen LogP contribution is -2.32. The molecular formula is C18H20ClN3O3S. The van der Waals surface area contributed by atoms with Crippen molar-refractivity contribution in [1.29, 1.82) is 0 Å². The standard InChI is InChI=1S/C18H20ClN3O3S/c19-15-8-9-17(20-13-15)21-18(23)14-6-5-7-16(12-14)26(24,25)22-10-3-1-2-4-11-22/h5-9,12-13H,1-4,10-11H2,(H,20,21,23). The van der Waals surface area contributed by atoms with Crippen molar-refractivity contribution in [2.75, 3.05) is 18.4 Å². The molecule has 0 saturated carbocycles. The van der Waals surface area contributed by atoms with Gasteiger partial charge in [-0.15, -0.1) is 0 Å². The highest BCUT2D eigenvalue weighted by molar-refractivity contribution is 7.89. The summed E-state index contributed by atoms with van der Waals surface area (Å²) in [7, 11) is -3.60. The maximum absolute atomic E-state index is 12.9. The van der Waals surface area contributed by atoms with Crippen LogP contribution >= 0.6 is 11.6 Å². The molecule has 8 heteroatoms. The highest BCUT2D eigenvalue weighted by Crippen LogP contribution is 2.21. The Morgan fingerprint density at radius 3 is 2.46 bits per heavy atom. The van der Waals surface area contributed by atoms with E-state index in [-0.39, 0.29) is 10.5 Å². The first-order valence-electron chi connectivity index (χ1n) is 8.50. The third kappa shape index (κ3) is 4.41. The summed E-state index contributed by atoms with van der Waals surface area (Å²) in [5, 5.41) is 3.10. The zero-order chi connectivity index (χ0) is 18.6. The lowest BCUT2D eigenvalue weighted by Gasteiger charge is -2.20. The Kier molecular flexibility index (Phi) is 5.90. The van der Waals surface area contributed by atoms with Crippen LogP contribution in [0.2, 0.25) is 5.02 Å². The van der Waals surface area contributed by atoms with Gasteiger partial charge in [-0.25, -0.2) is 13.4 Å². The molecule has 0 aliphatic carbocycles. The van der Waals surface area contributed by atoms with Gasteiger partial charge < -0.3 is 5.32 Å². The molecule has 0 atom stereocenters. The predicted molar refractivity (Wildman–Crippen MR) is 101 cm³/mol. The monoisotopic (exact) mass is 393 g/mol. The van der Waals surface area contributed by atoms with Gasteiger partial charge in [0.15, 0.2) is 0 Å². The Morgan fingerprint density at radius 2 is 1.81 bits per heavy atom. The second-order valence-electron chi connectivity index (χ2n) is 6.16. The lowest BCUT2D eigenvalue weighted by molar-refractivity contribution is 0.102. The van der Waals surface area contributed by atoms with Gasteiger partial charge in [-0.1, -0.05) is 30.5 Å². The molecule has 0 unspecified atom stereocenters. The maximum Gasteiger partial charge on any atom is 0.256 e. The number of carbonyl (C=O) groups is 1. The summed E-state index contributed by atoms with van der Waals surface area (Å²) in [4.78, 5) is 16.6. The molecule has 26 heavy (non-hydrogen) atoms. The summed E-state index contributed by atoms with van der Waals surface area (Å²) in [6, 6.07) is 9.28. The Balaban J connectivity index is 1.80. The number of sulfonamides is 1. The molecule has 0 radical (unpaired) electrons. The molecule has 2 heterocycles. The van der Waals surface area contributed by atoms with Crippen molar-refractivity contribution in [1.82, 2.24) is 9.29 Å². The summed E-state index contributed by atoms with van der Waals surface area (Å²) in [5.41, 5.74) is 0.262. The number of halogens is 1. The Bertz CT molecular complexity index is 877. The van der Waals surface area contributed by atoms with Crippen molar-refractivity contribution in [3.05, 3.63) is 53.2 Å². The second-order valence-corrected chi connectivity index (χ2v) is 8.54. The molecule has 1 aromatic carbocycles. The average Bonchev–Trinajstić information content (AvgIpc) is 2.94. The number of amides is 1. The summed E-state index contributed by atoms with van der Waals surface area (Å²) in [5.74, 6) is -0.0760. The van der Waals surface area contributed by atoms with Gasteiger partial charge in [-0.2, -0.15) is 4.31 Å². The van der Waals surface area contributed by atoms with Crippen LogP contribution in [0, 0.1) is 0 Å². The second kappa shape index (κ2) is 8.16. The fraction of sp³-hybridized carbons (Fsp3) is 0.333. The molecule has 6 nitrogen and oxygen atoms in total. The number of carbonyl (C=O) groups excluding carboxylic acids is 1. The highest BCUT2D eigenvalue weighted by atomic mass is 35.5. The molecule has 1 aliphatic rings. The number of aromatic nitrogens is 1. The van der Waals surface area contributed by atoms with Gasteiger partial charge >= 0.3 is 0 Å². The minimum atomic E-state index is -3.60. The van der Waals surface area contributed by atoms with Crippen LogP contribution in [0.5, 0.6) is 0 Å². The van der Waals surface area contributed by atoms with Crippen LogP contribution in [0.3, 0.4) is 0 Å². The SMILES string of the molecule is O=C(Nc1ccc(Cl)cn1)c1cccc(S(=O)(=O)N2CCCCCC2)c1. The van der Waals surface area contributed by atoms with Crippen molar-refractivity contribution in [2.24, 2.45) is 0 Å². The minimum Gasteiger partial charge on any atom is -0.307 e. The van der Waals surface area contributed by atoms with Crippen molar-refractivity contribution >= 4 is 33.3 Å². The van der Waals surface area contributed by atoms with E-state index in [0.29, 0.717) is 23.9 Å². The van der Waals surface area contributed by atoms with E-state index in [1.54, 1.807) is 24.3 Å². The summed E-state index contributed by atoms with van der Waals surface area (Å²) in [6.45, 7) is 1.04. The molecular weight excluding hydrogens is 374 g/mol. The highest BCUT2D eigenvalue weighted by Gasteiger charge is 2.25. The number of anilines is 1. The molecule has 1 N–H and O–H groups in total. The zero-order valence-electron chi connectivity index (χ0n) is 14.2. The normalized spacial score (nSPS) is 16.0. The number of pyridine rings is 1. The summed E-state index contributed by atoms with van der Waals surface area (Å²) < 4.78 is 27.3. The largest absolute Gasteiger partial charge is 0.307 e. The molecule has 2 aromatic rings. The van der Waals surface area contributed by atoms with Crippen LogP contribution in [0.1, 0.15) is 36.0 Å². The molecule has 3 rings (SSSR count). The van der Waals surface area contributed by atoms with E-state index < -0.39 is 15.9 Å². The van der Waals surface area contributed by atoms with Gasteiger partial charge in [-0.3, -0.25) is 4.79 Å². The van der Waals surface area contributed by atoms with Crippen LogP contribution in [0.4, 0.5) is 5.82 Å². The number of hydrogen-bond acceptors (Lipinski definition) is 4. The molecule has 1 fully saturated rings. The third-order valence-electron chi connectivity index (χ3n) is 4.27. The lowest BCUT2D eigenvalue weighted by atomic mass is 10.2. The van der Waals surface area contributed by atoms with E-state index >= 15 is 0 Å². The van der Waals surface area contributed by atoms with Gasteiger partial charge in [0.2, 0.25) is 10.0 Å². The van der Waals surface area contributed by atoms with E-state index in [2.05, 4.69) is 10.3 Å². The third-order valence-corrected chi connectivity index (χ3v) is 6.39. The fourth-order valence-electron chi connectivity index (χ4n) is 2.87. The van der Waals surface area contributed by atoms with Crippen LogP contribution in [0.25, 0.3) is 0 Å². The van der Waals surface area contributed by atoms with E-state index in [4.69, 9.17) is 11.6 Å². The summed E-state index contributed by atoms with van der Waals surface area (Å²) >= 11 is 5.78. The first-order valence-corrected chi connectivity index (χ1v) is 10.3. The van der Waals surface area contributed by atoms with Gasteiger partial charge in [0.1, 0.15) is 5.82 Å². The van der Waals surface area contributed by atoms with Crippen molar-refractivity contribution in [2.45, 2.75) is 30.6 Å². The van der Waals surface area contributed by atoms with E-state index in [0.717, 1.165) is 25.7 Å². The first-order chi connectivity index (χ1) is 12.5. The quantitative estimate of drug-likeness (QED) is 0.861. The molecule has 1 aromatic heterocycles. The van der Waals surface area contributed by atoms with E-state index in [1.165, 1.54) is 22.6 Å². The maximum atomic E-state index is 12.9. The molecule has 0 spiro atoms. The fourth-order valence-corrected chi connectivity index (χ4v) is 4.54. The van der Waals surface area contributed by atoms with Crippen molar-refractivity contribution < 1.29 is 13.2 Å². The average molecular weight is 394 g/mol. The van der Waals surface area contributed by atoms with Gasteiger partial charge in [0.05, 0.1) is 9.92 Å². The first kappa shape index (κ1) is 18.8. The van der Waals surface area contributed by atoms with Gasteiger partial charge in [0, 0.05) is 24.8 Å². The molecule has 0 bridgehead atoms. The molecule has 1 saturated heterocycles. The topological polar surface area (TPSA) is 79.4 Å². The number of hydrogen-bond donors (Lipinski definition) is 1. The summed E-state index contributed by atoms with van der Waals surface area (Å²) in [6.07, 6.45) is 5.24. The molecule has 1 aliphatic heterocycles. The van der Waals surface area contributed by atoms with Crippen LogP contribution in [-0.4, -0.2) is 36.7 Å². The zero-order valence-corrected chi connectivity index (χ0v) is 15.8.